The van der Waals surface area contributed by atoms with Crippen LogP contribution in [0.5, 0.6) is 0 Å². The van der Waals surface area contributed by atoms with Gasteiger partial charge in [0.15, 0.2) is 0 Å². The first kappa shape index (κ1) is 20.9. The summed E-state index contributed by atoms with van der Waals surface area (Å²) in [6, 6.07) is 14.8. The van der Waals surface area contributed by atoms with Gasteiger partial charge in [0, 0.05) is 29.6 Å². The second kappa shape index (κ2) is 8.07. The minimum absolute atomic E-state index is 0.0686. The van der Waals surface area contributed by atoms with Gasteiger partial charge in [-0.2, -0.15) is 0 Å². The number of nitro benzene ring substituents is 1. The summed E-state index contributed by atoms with van der Waals surface area (Å²) in [4.78, 5) is 42.5. The van der Waals surface area contributed by atoms with Crippen LogP contribution in [-0.4, -0.2) is 26.7 Å². The smallest absolute Gasteiger partial charge is 0.300 e. The van der Waals surface area contributed by atoms with E-state index in [0.717, 1.165) is 17.2 Å². The molecule has 2 aromatic carbocycles. The Bertz CT molecular complexity index is 1280. The van der Waals surface area contributed by atoms with Crippen LogP contribution in [0.15, 0.2) is 72.4 Å². The molecule has 0 bridgehead atoms. The molecule has 160 valence electrons. The average molecular weight is 429 g/mol. The van der Waals surface area contributed by atoms with E-state index in [1.54, 1.807) is 30.3 Å². The Balaban J connectivity index is 1.98. The topological polar surface area (TPSA) is 114 Å². The van der Waals surface area contributed by atoms with E-state index in [-0.39, 0.29) is 16.8 Å². The number of amides is 1. The van der Waals surface area contributed by atoms with Crippen LogP contribution in [0, 0.1) is 24.0 Å². The number of Topliss-reactive ketones (excluding diaryl/α,β-unsaturated/α-hetero) is 1. The van der Waals surface area contributed by atoms with Crippen LogP contribution in [0.3, 0.4) is 0 Å². The quantitative estimate of drug-likeness (QED) is 0.218. The Morgan fingerprint density at radius 1 is 1.06 bits per heavy atom. The first-order valence-corrected chi connectivity index (χ1v) is 9.84. The molecule has 0 aliphatic carbocycles. The van der Waals surface area contributed by atoms with E-state index in [2.05, 4.69) is 4.98 Å². The maximum Gasteiger partial charge on any atom is 0.300 e. The molecule has 3 aromatic rings. The molecule has 32 heavy (non-hydrogen) atoms. The van der Waals surface area contributed by atoms with Crippen LogP contribution in [0.25, 0.3) is 5.76 Å². The Morgan fingerprint density at radius 2 is 1.81 bits per heavy atom. The van der Waals surface area contributed by atoms with Gasteiger partial charge in [0.05, 0.1) is 16.2 Å². The second-order valence-corrected chi connectivity index (χ2v) is 7.45. The molecule has 0 saturated carbocycles. The molecule has 8 heteroatoms. The maximum atomic E-state index is 13.2. The van der Waals surface area contributed by atoms with Crippen molar-refractivity contribution in [2.75, 3.05) is 4.90 Å². The van der Waals surface area contributed by atoms with Gasteiger partial charge >= 0.3 is 0 Å². The van der Waals surface area contributed by atoms with E-state index in [1.807, 2.05) is 19.9 Å². The summed E-state index contributed by atoms with van der Waals surface area (Å²) < 4.78 is 0. The third-order valence-corrected chi connectivity index (χ3v) is 5.58. The molecule has 0 spiro atoms. The van der Waals surface area contributed by atoms with E-state index >= 15 is 0 Å². The number of rotatable bonds is 4. The molecule has 1 aliphatic heterocycles. The number of anilines is 1. The lowest BCUT2D eigenvalue weighted by atomic mass is 9.97. The number of aryl methyl sites for hydroxylation is 1. The molecule has 4 rings (SSSR count). The SMILES string of the molecule is Cc1cccc(N2C(=O)C(=O)/C(=C(/O)c3cccc([N+](=O)[O-])c3)C2c2ccccn2)c1C. The Labute approximate surface area is 183 Å². The molecule has 1 atom stereocenters. The largest absolute Gasteiger partial charge is 0.507 e. The van der Waals surface area contributed by atoms with Crippen molar-refractivity contribution in [1.82, 2.24) is 4.98 Å². The van der Waals surface area contributed by atoms with E-state index in [1.165, 1.54) is 29.3 Å². The summed E-state index contributed by atoms with van der Waals surface area (Å²) in [5.74, 6) is -2.18. The summed E-state index contributed by atoms with van der Waals surface area (Å²) in [5, 5.41) is 22.2. The van der Waals surface area contributed by atoms with Crippen molar-refractivity contribution in [3.05, 3.63) is 105 Å². The number of aliphatic hydroxyl groups excluding tert-OH is 1. The normalized spacial score (nSPS) is 17.6. The highest BCUT2D eigenvalue weighted by molar-refractivity contribution is 6.51. The zero-order valence-electron chi connectivity index (χ0n) is 17.4. The predicted octanol–water partition coefficient (Wildman–Crippen LogP) is 4.23. The molecule has 1 N–H and O–H groups in total. The number of hydrogen-bond acceptors (Lipinski definition) is 6. The summed E-state index contributed by atoms with van der Waals surface area (Å²) in [6.07, 6.45) is 1.53. The standard InChI is InChI=1S/C24H19N3O5/c1-14-7-5-11-19(15(14)2)26-21(18-10-3-4-12-25-18)20(23(29)24(26)30)22(28)16-8-6-9-17(13-16)27(31)32/h3-13,21,28H,1-2H3/b22-20+. The van der Waals surface area contributed by atoms with Gasteiger partial charge in [-0.05, 0) is 43.2 Å². The first-order valence-electron chi connectivity index (χ1n) is 9.84. The number of benzene rings is 2. The van der Waals surface area contributed by atoms with Gasteiger partial charge in [0.25, 0.3) is 17.4 Å². The minimum Gasteiger partial charge on any atom is -0.507 e. The van der Waals surface area contributed by atoms with Gasteiger partial charge in [-0.3, -0.25) is 29.6 Å². The lowest BCUT2D eigenvalue weighted by Crippen LogP contribution is -2.30. The third-order valence-electron chi connectivity index (χ3n) is 5.58. The summed E-state index contributed by atoms with van der Waals surface area (Å²) in [6.45, 7) is 3.74. The fourth-order valence-electron chi connectivity index (χ4n) is 3.82. The highest BCUT2D eigenvalue weighted by Crippen LogP contribution is 2.43. The zero-order valence-corrected chi connectivity index (χ0v) is 17.4. The van der Waals surface area contributed by atoms with Crippen LogP contribution in [0.4, 0.5) is 11.4 Å². The number of non-ortho nitro benzene ring substituents is 1. The van der Waals surface area contributed by atoms with Gasteiger partial charge < -0.3 is 5.11 Å². The molecular weight excluding hydrogens is 410 g/mol. The Hall–Kier alpha value is -4.33. The molecule has 8 nitrogen and oxygen atoms in total. The van der Waals surface area contributed by atoms with E-state index in [4.69, 9.17) is 0 Å². The molecule has 1 aromatic heterocycles. The van der Waals surface area contributed by atoms with Crippen molar-refractivity contribution in [1.29, 1.82) is 0 Å². The number of hydrogen-bond donors (Lipinski definition) is 1. The molecule has 2 heterocycles. The van der Waals surface area contributed by atoms with Gasteiger partial charge in [0.1, 0.15) is 11.8 Å². The van der Waals surface area contributed by atoms with Crippen molar-refractivity contribution in [3.63, 3.8) is 0 Å². The highest BCUT2D eigenvalue weighted by atomic mass is 16.6. The fraction of sp³-hybridized carbons (Fsp3) is 0.125. The molecule has 1 fully saturated rings. The average Bonchev–Trinajstić information content (AvgIpc) is 3.06. The lowest BCUT2D eigenvalue weighted by Gasteiger charge is -2.26. The van der Waals surface area contributed by atoms with E-state index in [0.29, 0.717) is 11.4 Å². The molecule has 1 unspecified atom stereocenters. The van der Waals surface area contributed by atoms with E-state index < -0.39 is 28.4 Å². The van der Waals surface area contributed by atoms with Crippen LogP contribution in [-0.2, 0) is 9.59 Å². The van der Waals surface area contributed by atoms with Crippen LogP contribution < -0.4 is 4.90 Å². The minimum atomic E-state index is -0.990. The Morgan fingerprint density at radius 3 is 2.50 bits per heavy atom. The number of nitro groups is 1. The summed E-state index contributed by atoms with van der Waals surface area (Å²) in [5.41, 5.74) is 2.32. The van der Waals surface area contributed by atoms with Gasteiger partial charge in [-0.15, -0.1) is 0 Å². The molecule has 1 saturated heterocycles. The lowest BCUT2D eigenvalue weighted by molar-refractivity contribution is -0.384. The summed E-state index contributed by atoms with van der Waals surface area (Å²) in [7, 11) is 0. The number of carbonyl (C=O) groups excluding carboxylic acids is 2. The number of ketones is 1. The number of carbonyl (C=O) groups is 2. The van der Waals surface area contributed by atoms with Crippen molar-refractivity contribution >= 4 is 28.8 Å². The van der Waals surface area contributed by atoms with Gasteiger partial charge in [-0.1, -0.05) is 30.3 Å². The molecule has 1 amide bonds. The second-order valence-electron chi connectivity index (χ2n) is 7.45. The predicted molar refractivity (Wildman–Crippen MR) is 118 cm³/mol. The van der Waals surface area contributed by atoms with Crippen molar-refractivity contribution < 1.29 is 19.6 Å². The number of aromatic nitrogens is 1. The monoisotopic (exact) mass is 429 g/mol. The molecule has 1 aliphatic rings. The highest BCUT2D eigenvalue weighted by Gasteiger charge is 2.48. The number of nitrogens with zero attached hydrogens (tertiary/aromatic N) is 3. The fourth-order valence-corrected chi connectivity index (χ4v) is 3.82. The van der Waals surface area contributed by atoms with Gasteiger partial charge in [-0.25, -0.2) is 0 Å². The third kappa shape index (κ3) is 3.41. The zero-order chi connectivity index (χ0) is 23.0. The Kier molecular flexibility index (Phi) is 5.28. The van der Waals surface area contributed by atoms with Crippen LogP contribution >= 0.6 is 0 Å². The van der Waals surface area contributed by atoms with Crippen LogP contribution in [0.1, 0.15) is 28.4 Å². The first-order chi connectivity index (χ1) is 15.3. The van der Waals surface area contributed by atoms with Gasteiger partial charge in [0.2, 0.25) is 0 Å². The van der Waals surface area contributed by atoms with Crippen molar-refractivity contribution in [2.24, 2.45) is 0 Å². The number of aliphatic hydroxyl groups is 1. The summed E-state index contributed by atoms with van der Waals surface area (Å²) >= 11 is 0. The van der Waals surface area contributed by atoms with Crippen molar-refractivity contribution in [3.8, 4) is 0 Å². The van der Waals surface area contributed by atoms with Crippen LogP contribution in [0.2, 0.25) is 0 Å². The number of pyridine rings is 1. The maximum absolute atomic E-state index is 13.2. The molecular formula is C24H19N3O5. The van der Waals surface area contributed by atoms with E-state index in [9.17, 15) is 24.8 Å². The van der Waals surface area contributed by atoms with Crippen molar-refractivity contribution in [2.45, 2.75) is 19.9 Å². The molecule has 0 radical (unpaired) electrons.